The Morgan fingerprint density at radius 3 is 3.00 bits per heavy atom. The molecule has 0 saturated heterocycles. The van der Waals surface area contributed by atoms with E-state index < -0.39 is 0 Å². The highest BCUT2D eigenvalue weighted by atomic mass is 35.5. The number of nitrogens with zero attached hydrogens (tertiary/aromatic N) is 3. The van der Waals surface area contributed by atoms with Gasteiger partial charge in [0.1, 0.15) is 5.52 Å². The molecule has 2 aromatic heterocycles. The molecule has 0 aliphatic rings. The minimum absolute atomic E-state index is 0.472. The van der Waals surface area contributed by atoms with Crippen molar-refractivity contribution in [3.05, 3.63) is 28.8 Å². The Morgan fingerprint density at radius 2 is 2.36 bits per heavy atom. The summed E-state index contributed by atoms with van der Waals surface area (Å²) in [5.41, 5.74) is 2.76. The van der Waals surface area contributed by atoms with Gasteiger partial charge in [-0.1, -0.05) is 11.6 Å². The van der Waals surface area contributed by atoms with E-state index in [1.165, 1.54) is 0 Å². The van der Waals surface area contributed by atoms with E-state index in [-0.39, 0.29) is 0 Å². The lowest BCUT2D eigenvalue weighted by Crippen LogP contribution is -1.91. The first-order valence-electron chi connectivity index (χ1n) is 4.21. The largest absolute Gasteiger partial charge is 0.378 e. The normalized spacial score (nSPS) is 11.1. The third-order valence-electron chi connectivity index (χ3n) is 2.12. The lowest BCUT2D eigenvalue weighted by atomic mass is 10.2. The molecule has 0 aliphatic carbocycles. The number of fused-ring (bicyclic) bond motifs is 1. The molecule has 0 aliphatic heterocycles. The highest BCUT2D eigenvalue weighted by molar-refractivity contribution is 6.32. The zero-order valence-corrected chi connectivity index (χ0v) is 8.75. The van der Waals surface area contributed by atoms with Gasteiger partial charge in [0.05, 0.1) is 12.3 Å². The Balaban J connectivity index is 2.68. The molecule has 0 bridgehead atoms. The second-order valence-electron chi connectivity index (χ2n) is 3.02. The van der Waals surface area contributed by atoms with Crippen LogP contribution in [0.2, 0.25) is 5.15 Å². The molecule has 0 spiro atoms. The van der Waals surface area contributed by atoms with E-state index in [0.717, 1.165) is 16.8 Å². The van der Waals surface area contributed by atoms with E-state index >= 15 is 0 Å². The van der Waals surface area contributed by atoms with Crippen molar-refractivity contribution < 1.29 is 4.74 Å². The predicted molar refractivity (Wildman–Crippen MR) is 53.4 cm³/mol. The number of aromatic nitrogens is 3. The van der Waals surface area contributed by atoms with Gasteiger partial charge in [-0.05, 0) is 6.92 Å². The molecule has 74 valence electrons. The summed E-state index contributed by atoms with van der Waals surface area (Å²) in [7, 11) is 1.64. The Morgan fingerprint density at radius 1 is 1.57 bits per heavy atom. The third kappa shape index (κ3) is 1.36. The third-order valence-corrected chi connectivity index (χ3v) is 2.39. The number of hydrogen-bond donors (Lipinski definition) is 0. The topological polar surface area (TPSA) is 39.4 Å². The first-order valence-corrected chi connectivity index (χ1v) is 4.59. The summed E-state index contributed by atoms with van der Waals surface area (Å²) < 4.78 is 6.76. The van der Waals surface area contributed by atoms with E-state index in [2.05, 4.69) is 10.1 Å². The Bertz CT molecular complexity index is 466. The van der Waals surface area contributed by atoms with Gasteiger partial charge in [0.25, 0.3) is 0 Å². The van der Waals surface area contributed by atoms with E-state index in [1.54, 1.807) is 24.0 Å². The molecule has 4 nitrogen and oxygen atoms in total. The monoisotopic (exact) mass is 211 g/mol. The summed E-state index contributed by atoms with van der Waals surface area (Å²) in [5.74, 6) is 0. The molecule has 0 N–H and O–H groups in total. The minimum Gasteiger partial charge on any atom is -0.378 e. The van der Waals surface area contributed by atoms with Crippen LogP contribution in [0.25, 0.3) is 5.52 Å². The fourth-order valence-corrected chi connectivity index (χ4v) is 1.70. The van der Waals surface area contributed by atoms with Crippen molar-refractivity contribution in [2.24, 2.45) is 0 Å². The van der Waals surface area contributed by atoms with Crippen molar-refractivity contribution in [3.8, 4) is 0 Å². The van der Waals surface area contributed by atoms with Gasteiger partial charge in [0.2, 0.25) is 0 Å². The summed E-state index contributed by atoms with van der Waals surface area (Å²) in [5, 5.41) is 4.80. The molecular weight excluding hydrogens is 202 g/mol. The molecule has 14 heavy (non-hydrogen) atoms. The van der Waals surface area contributed by atoms with Crippen LogP contribution in [0.4, 0.5) is 0 Å². The van der Waals surface area contributed by atoms with Gasteiger partial charge in [-0.2, -0.15) is 5.10 Å². The molecule has 0 amide bonds. The van der Waals surface area contributed by atoms with Crippen LogP contribution in [0.15, 0.2) is 12.4 Å². The molecule has 2 aromatic rings. The number of halogens is 1. The van der Waals surface area contributed by atoms with Crippen molar-refractivity contribution in [3.63, 3.8) is 0 Å². The molecule has 0 atom stereocenters. The van der Waals surface area contributed by atoms with Crippen molar-refractivity contribution in [2.45, 2.75) is 13.5 Å². The number of hydrogen-bond acceptors (Lipinski definition) is 3. The zero-order valence-electron chi connectivity index (χ0n) is 7.99. The van der Waals surface area contributed by atoms with Crippen LogP contribution in [0.1, 0.15) is 11.3 Å². The van der Waals surface area contributed by atoms with Gasteiger partial charge in [0.15, 0.2) is 5.15 Å². The number of aryl methyl sites for hydroxylation is 1. The first kappa shape index (κ1) is 9.43. The molecule has 2 rings (SSSR count). The summed E-state index contributed by atoms with van der Waals surface area (Å²) in [4.78, 5) is 4.01. The summed E-state index contributed by atoms with van der Waals surface area (Å²) in [6.07, 6.45) is 3.39. The molecule has 0 radical (unpaired) electrons. The second kappa shape index (κ2) is 3.55. The van der Waals surface area contributed by atoms with Crippen LogP contribution in [0, 0.1) is 6.92 Å². The Kier molecular flexibility index (Phi) is 2.39. The molecule has 2 heterocycles. The van der Waals surface area contributed by atoms with E-state index in [0.29, 0.717) is 11.8 Å². The zero-order chi connectivity index (χ0) is 10.1. The van der Waals surface area contributed by atoms with Crippen LogP contribution in [-0.4, -0.2) is 21.7 Å². The second-order valence-corrected chi connectivity index (χ2v) is 3.37. The van der Waals surface area contributed by atoms with Crippen molar-refractivity contribution >= 4 is 17.1 Å². The lowest BCUT2D eigenvalue weighted by Gasteiger charge is -1.95. The molecular formula is C9H10ClN3O. The summed E-state index contributed by atoms with van der Waals surface area (Å²) >= 11 is 5.96. The van der Waals surface area contributed by atoms with Gasteiger partial charge in [-0.15, -0.1) is 0 Å². The van der Waals surface area contributed by atoms with Crippen molar-refractivity contribution in [1.82, 2.24) is 14.6 Å². The molecule has 0 fully saturated rings. The number of ether oxygens (including phenoxy) is 1. The quantitative estimate of drug-likeness (QED) is 0.761. The van der Waals surface area contributed by atoms with E-state index in [1.807, 2.05) is 6.92 Å². The summed E-state index contributed by atoms with van der Waals surface area (Å²) in [6, 6.07) is 0. The molecule has 0 saturated carbocycles. The summed E-state index contributed by atoms with van der Waals surface area (Å²) in [6.45, 7) is 2.45. The van der Waals surface area contributed by atoms with Crippen LogP contribution >= 0.6 is 11.6 Å². The number of methoxy groups -OCH3 is 1. The fourth-order valence-electron chi connectivity index (χ4n) is 1.42. The smallest absolute Gasteiger partial charge is 0.155 e. The maximum Gasteiger partial charge on any atom is 0.155 e. The highest BCUT2D eigenvalue weighted by Crippen LogP contribution is 2.20. The Labute approximate surface area is 86.5 Å². The maximum atomic E-state index is 5.96. The van der Waals surface area contributed by atoms with Crippen LogP contribution in [0.3, 0.4) is 0 Å². The van der Waals surface area contributed by atoms with Gasteiger partial charge >= 0.3 is 0 Å². The average molecular weight is 212 g/mol. The Hall–Kier alpha value is -1.13. The van der Waals surface area contributed by atoms with Gasteiger partial charge in [-0.3, -0.25) is 0 Å². The van der Waals surface area contributed by atoms with Crippen LogP contribution in [0.5, 0.6) is 0 Å². The van der Waals surface area contributed by atoms with E-state index in [9.17, 15) is 0 Å². The van der Waals surface area contributed by atoms with E-state index in [4.69, 9.17) is 16.3 Å². The minimum atomic E-state index is 0.472. The van der Waals surface area contributed by atoms with Gasteiger partial charge < -0.3 is 4.74 Å². The van der Waals surface area contributed by atoms with Gasteiger partial charge in [-0.25, -0.2) is 9.50 Å². The average Bonchev–Trinajstić information content (AvgIpc) is 2.46. The lowest BCUT2D eigenvalue weighted by molar-refractivity contribution is 0.180. The van der Waals surface area contributed by atoms with Crippen molar-refractivity contribution in [2.75, 3.05) is 7.11 Å². The first-order chi connectivity index (χ1) is 6.74. The molecule has 5 heteroatoms. The van der Waals surface area contributed by atoms with Crippen LogP contribution in [-0.2, 0) is 11.3 Å². The predicted octanol–water partition coefficient (Wildman–Crippen LogP) is 1.84. The van der Waals surface area contributed by atoms with Crippen molar-refractivity contribution in [1.29, 1.82) is 0 Å². The molecule has 0 unspecified atom stereocenters. The van der Waals surface area contributed by atoms with Crippen LogP contribution < -0.4 is 0 Å². The molecule has 0 aromatic carbocycles. The standard InChI is InChI=1S/C9H10ClN3O/c1-6-7(5-14-2)12-13-4-3-11-9(10)8(6)13/h3-4H,5H2,1-2H3. The maximum absolute atomic E-state index is 5.96. The highest BCUT2D eigenvalue weighted by Gasteiger charge is 2.11. The SMILES string of the molecule is COCc1nn2ccnc(Cl)c2c1C. The fraction of sp³-hybridized carbons (Fsp3) is 0.333. The van der Waals surface area contributed by atoms with Gasteiger partial charge in [0, 0.05) is 25.1 Å². The number of rotatable bonds is 2.